The molecular formula is C16H18Cl3NO4. The van der Waals surface area contributed by atoms with Gasteiger partial charge in [-0.1, -0.05) is 54.1 Å². The van der Waals surface area contributed by atoms with Crippen molar-refractivity contribution in [1.82, 2.24) is 5.32 Å². The van der Waals surface area contributed by atoms with Gasteiger partial charge in [-0.3, -0.25) is 0 Å². The summed E-state index contributed by atoms with van der Waals surface area (Å²) in [5.74, 6) is -0.135. The van der Waals surface area contributed by atoms with Crippen molar-refractivity contribution in [1.29, 1.82) is 0 Å². The summed E-state index contributed by atoms with van der Waals surface area (Å²) in [6.07, 6.45) is 3.03. The van der Waals surface area contributed by atoms with Crippen molar-refractivity contribution in [3.05, 3.63) is 27.2 Å². The van der Waals surface area contributed by atoms with Gasteiger partial charge in [0.1, 0.15) is 6.04 Å². The number of rotatable bonds is 6. The molecule has 5 nitrogen and oxygen atoms in total. The zero-order chi connectivity index (χ0) is 17.7. The Balaban J connectivity index is 2.08. The Morgan fingerprint density at radius 1 is 1.21 bits per heavy atom. The lowest BCUT2D eigenvalue weighted by atomic mass is 9.81. The van der Waals surface area contributed by atoms with Gasteiger partial charge >= 0.3 is 12.1 Å². The fourth-order valence-electron chi connectivity index (χ4n) is 2.35. The van der Waals surface area contributed by atoms with Crippen LogP contribution >= 0.6 is 34.8 Å². The van der Waals surface area contributed by atoms with Crippen LogP contribution in [0.5, 0.6) is 5.75 Å². The average molecular weight is 395 g/mol. The Morgan fingerprint density at radius 2 is 1.88 bits per heavy atom. The Labute approximate surface area is 155 Å². The number of amides is 1. The molecule has 0 aliphatic heterocycles. The van der Waals surface area contributed by atoms with Gasteiger partial charge in [-0.15, -0.1) is 0 Å². The maximum Gasteiger partial charge on any atom is 0.407 e. The fourth-order valence-corrected chi connectivity index (χ4v) is 2.93. The minimum absolute atomic E-state index is 0.0975. The molecule has 1 N–H and O–H groups in total. The lowest BCUT2D eigenvalue weighted by molar-refractivity contribution is -0.137. The van der Waals surface area contributed by atoms with Crippen LogP contribution < -0.4 is 10.1 Å². The van der Waals surface area contributed by atoms with Crippen molar-refractivity contribution in [3.8, 4) is 5.75 Å². The van der Waals surface area contributed by atoms with Gasteiger partial charge in [0.25, 0.3) is 0 Å². The van der Waals surface area contributed by atoms with Crippen LogP contribution in [0.4, 0.5) is 4.79 Å². The number of hydrogen-bond donors (Lipinski definition) is 1. The zero-order valence-corrected chi connectivity index (χ0v) is 15.4. The van der Waals surface area contributed by atoms with E-state index in [0.29, 0.717) is 12.3 Å². The SMILES string of the molecule is CCOC(=O)N[C@H](CC1CCC1)C(=O)Oc1cc(Cl)c(Cl)cc1Cl. The van der Waals surface area contributed by atoms with Crippen molar-refractivity contribution < 1.29 is 19.1 Å². The highest BCUT2D eigenvalue weighted by atomic mass is 35.5. The number of carbonyl (C=O) groups is 2. The Kier molecular flexibility index (Phi) is 7.02. The highest BCUT2D eigenvalue weighted by Gasteiger charge is 2.30. The third-order valence-corrected chi connectivity index (χ3v) is 4.85. The molecule has 0 spiro atoms. The number of benzene rings is 1. The summed E-state index contributed by atoms with van der Waals surface area (Å²) in [6, 6.07) is 1.96. The molecule has 8 heteroatoms. The van der Waals surface area contributed by atoms with Crippen LogP contribution in [0.15, 0.2) is 12.1 Å². The number of ether oxygens (including phenoxy) is 2. The molecule has 1 aliphatic carbocycles. The molecule has 1 amide bonds. The minimum atomic E-state index is -0.806. The summed E-state index contributed by atoms with van der Waals surface area (Å²) in [5.41, 5.74) is 0. The van der Waals surface area contributed by atoms with Gasteiger partial charge in [0, 0.05) is 6.07 Å². The number of carbonyl (C=O) groups excluding carboxylic acids is 2. The molecule has 0 bridgehead atoms. The van der Waals surface area contributed by atoms with Gasteiger partial charge in [-0.2, -0.15) is 0 Å². The molecule has 2 rings (SSSR count). The molecular weight excluding hydrogens is 377 g/mol. The zero-order valence-electron chi connectivity index (χ0n) is 13.1. The topological polar surface area (TPSA) is 64.6 Å². The maximum absolute atomic E-state index is 12.4. The second-order valence-corrected chi connectivity index (χ2v) is 6.79. The van der Waals surface area contributed by atoms with E-state index < -0.39 is 18.1 Å². The molecule has 1 aliphatic rings. The number of halogens is 3. The van der Waals surface area contributed by atoms with Gasteiger partial charge in [0.15, 0.2) is 5.75 Å². The van der Waals surface area contributed by atoms with E-state index in [1.165, 1.54) is 12.1 Å². The van der Waals surface area contributed by atoms with Crippen molar-refractivity contribution >= 4 is 46.9 Å². The normalized spacial score (nSPS) is 15.3. The smallest absolute Gasteiger partial charge is 0.407 e. The number of alkyl carbamates (subject to hydrolysis) is 1. The van der Waals surface area contributed by atoms with Crippen molar-refractivity contribution in [2.45, 2.75) is 38.6 Å². The van der Waals surface area contributed by atoms with Crippen LogP contribution in [0, 0.1) is 5.92 Å². The summed E-state index contributed by atoms with van der Waals surface area (Å²) in [4.78, 5) is 24.1. The summed E-state index contributed by atoms with van der Waals surface area (Å²) < 4.78 is 10.1. The Morgan fingerprint density at radius 3 is 2.46 bits per heavy atom. The Hall–Kier alpha value is -1.17. The lowest BCUT2D eigenvalue weighted by Crippen LogP contribution is -2.45. The standard InChI is InChI=1S/C16H18Cl3NO4/c1-2-23-16(22)20-13(6-9-4-3-5-9)15(21)24-14-8-11(18)10(17)7-12(14)19/h7-9,13H,2-6H2,1H3,(H,20,22)/t13-/m1/s1. The number of nitrogens with one attached hydrogen (secondary N) is 1. The molecule has 1 aromatic carbocycles. The van der Waals surface area contributed by atoms with Gasteiger partial charge in [-0.05, 0) is 25.3 Å². The van der Waals surface area contributed by atoms with Gasteiger partial charge in [-0.25, -0.2) is 9.59 Å². The molecule has 0 radical (unpaired) electrons. The van der Waals surface area contributed by atoms with Crippen LogP contribution in [0.25, 0.3) is 0 Å². The van der Waals surface area contributed by atoms with Crippen molar-refractivity contribution in [3.63, 3.8) is 0 Å². The Bertz CT molecular complexity index is 620. The third-order valence-electron chi connectivity index (χ3n) is 3.83. The largest absolute Gasteiger partial charge is 0.450 e. The second kappa shape index (κ2) is 8.79. The quantitative estimate of drug-likeness (QED) is 0.425. The summed E-state index contributed by atoms with van der Waals surface area (Å²) in [7, 11) is 0. The molecule has 24 heavy (non-hydrogen) atoms. The van der Waals surface area contributed by atoms with E-state index in [2.05, 4.69) is 5.32 Å². The first kappa shape index (κ1) is 19.2. The molecule has 1 aromatic rings. The van der Waals surface area contributed by atoms with Crippen molar-refractivity contribution in [2.24, 2.45) is 5.92 Å². The first-order valence-electron chi connectivity index (χ1n) is 7.70. The van der Waals surface area contributed by atoms with Crippen molar-refractivity contribution in [2.75, 3.05) is 6.61 Å². The molecule has 1 fully saturated rings. The van der Waals surface area contributed by atoms with E-state index in [1.54, 1.807) is 6.92 Å². The molecule has 1 saturated carbocycles. The summed E-state index contributed by atoms with van der Waals surface area (Å²) in [5, 5.41) is 3.19. The number of esters is 1. The lowest BCUT2D eigenvalue weighted by Gasteiger charge is -2.29. The molecule has 0 saturated heterocycles. The molecule has 0 aromatic heterocycles. The predicted molar refractivity (Wildman–Crippen MR) is 93.0 cm³/mol. The minimum Gasteiger partial charge on any atom is -0.450 e. The van der Waals surface area contributed by atoms with Crippen LogP contribution in [0.2, 0.25) is 15.1 Å². The van der Waals surface area contributed by atoms with Gasteiger partial charge < -0.3 is 14.8 Å². The van der Waals surface area contributed by atoms with E-state index in [9.17, 15) is 9.59 Å². The van der Waals surface area contributed by atoms with E-state index in [0.717, 1.165) is 19.3 Å². The first-order chi connectivity index (χ1) is 11.4. The van der Waals surface area contributed by atoms with E-state index in [4.69, 9.17) is 44.3 Å². The van der Waals surface area contributed by atoms with E-state index in [1.807, 2.05) is 0 Å². The molecule has 0 heterocycles. The molecule has 0 unspecified atom stereocenters. The van der Waals surface area contributed by atoms with Crippen LogP contribution in [0.1, 0.15) is 32.6 Å². The van der Waals surface area contributed by atoms with Crippen LogP contribution in [-0.2, 0) is 9.53 Å². The average Bonchev–Trinajstić information content (AvgIpc) is 2.47. The van der Waals surface area contributed by atoms with E-state index in [-0.39, 0.29) is 27.4 Å². The molecule has 1 atom stereocenters. The highest BCUT2D eigenvalue weighted by molar-refractivity contribution is 6.43. The monoisotopic (exact) mass is 393 g/mol. The highest BCUT2D eigenvalue weighted by Crippen LogP contribution is 2.35. The van der Waals surface area contributed by atoms with Gasteiger partial charge in [0.2, 0.25) is 0 Å². The van der Waals surface area contributed by atoms with Gasteiger partial charge in [0.05, 0.1) is 21.7 Å². The predicted octanol–water partition coefficient (Wildman–Crippen LogP) is 4.86. The summed E-state index contributed by atoms with van der Waals surface area (Å²) >= 11 is 17.8. The second-order valence-electron chi connectivity index (χ2n) is 5.57. The third kappa shape index (κ3) is 5.16. The van der Waals surface area contributed by atoms with E-state index >= 15 is 0 Å². The number of hydrogen-bond acceptors (Lipinski definition) is 4. The maximum atomic E-state index is 12.4. The first-order valence-corrected chi connectivity index (χ1v) is 8.83. The van der Waals surface area contributed by atoms with Crippen LogP contribution in [0.3, 0.4) is 0 Å². The molecule has 132 valence electrons. The fraction of sp³-hybridized carbons (Fsp3) is 0.500. The summed E-state index contributed by atoms with van der Waals surface area (Å²) in [6.45, 7) is 1.91. The van der Waals surface area contributed by atoms with Crippen LogP contribution in [-0.4, -0.2) is 24.7 Å².